The van der Waals surface area contributed by atoms with E-state index in [1.54, 1.807) is 7.11 Å². The molecule has 1 N–H and O–H groups in total. The highest BCUT2D eigenvalue weighted by atomic mass is 16.6. The molecule has 0 spiro atoms. The van der Waals surface area contributed by atoms with Gasteiger partial charge < -0.3 is 24.3 Å². The minimum absolute atomic E-state index is 0.0361. The lowest BCUT2D eigenvalue weighted by Crippen LogP contribution is -2.53. The number of benzene rings is 2. The Balaban J connectivity index is 1.19. The summed E-state index contributed by atoms with van der Waals surface area (Å²) in [5.41, 5.74) is 3.88. The Morgan fingerprint density at radius 1 is 0.900 bits per heavy atom. The Hall–Kier alpha value is -2.98. The Kier molecular flexibility index (Phi) is 10.0. The van der Waals surface area contributed by atoms with Gasteiger partial charge in [0.2, 0.25) is 0 Å². The molecule has 2 bridgehead atoms. The topological polar surface area (TPSA) is 89.6 Å². The van der Waals surface area contributed by atoms with E-state index in [0.29, 0.717) is 57.6 Å². The van der Waals surface area contributed by atoms with Crippen molar-refractivity contribution in [3.05, 3.63) is 70.8 Å². The maximum absolute atomic E-state index is 13.6. The number of carbonyl (C=O) groups is 2. The van der Waals surface area contributed by atoms with Gasteiger partial charge in [-0.25, -0.2) is 4.79 Å². The molecule has 0 aliphatic carbocycles. The molecule has 4 aliphatic heterocycles. The van der Waals surface area contributed by atoms with E-state index in [0.717, 1.165) is 50.0 Å². The molecule has 0 saturated carbocycles. The monoisotopic (exact) mass is 551 g/mol. The fourth-order valence-corrected chi connectivity index (χ4v) is 5.98. The van der Waals surface area contributed by atoms with Gasteiger partial charge >= 0.3 is 6.09 Å². The van der Waals surface area contributed by atoms with Crippen LogP contribution >= 0.6 is 0 Å². The highest BCUT2D eigenvalue weighted by Crippen LogP contribution is 2.37. The van der Waals surface area contributed by atoms with Gasteiger partial charge in [-0.3, -0.25) is 14.6 Å². The zero-order valence-corrected chi connectivity index (χ0v) is 23.4. The fourth-order valence-electron chi connectivity index (χ4n) is 5.98. The number of ether oxygens (including phenoxy) is 4. The molecule has 3 fully saturated rings. The second kappa shape index (κ2) is 14.1. The number of hydrogen-bond donors (Lipinski definition) is 1. The molecule has 9 heteroatoms. The summed E-state index contributed by atoms with van der Waals surface area (Å²) >= 11 is 0. The number of nitrogens with one attached hydrogen (secondary N) is 1. The predicted octanol–water partition coefficient (Wildman–Crippen LogP) is 3.27. The standard InChI is InChI=1S/C31H41N3O6/c1-37-18-19-39-21-20-38-17-13-32-30(35)26-8-6-25(7-9-26)29-27-5-3-2-4-23(27)12-16-34(29)31(36)40-28-22-33-14-10-24(28)11-15-33/h2-9,24,28-29H,10-22H2,1H3,(H,32,35)/t28-,29-/m1/s1. The van der Waals surface area contributed by atoms with Crippen molar-refractivity contribution in [3.63, 3.8) is 0 Å². The van der Waals surface area contributed by atoms with E-state index in [1.807, 2.05) is 41.3 Å². The summed E-state index contributed by atoms with van der Waals surface area (Å²) in [5.74, 6) is 0.302. The van der Waals surface area contributed by atoms with Gasteiger partial charge in [-0.15, -0.1) is 0 Å². The van der Waals surface area contributed by atoms with Gasteiger partial charge in [-0.05, 0) is 67.1 Å². The summed E-state index contributed by atoms with van der Waals surface area (Å²) in [6.45, 7) is 6.53. The van der Waals surface area contributed by atoms with E-state index < -0.39 is 0 Å². The molecule has 0 unspecified atom stereocenters. The smallest absolute Gasteiger partial charge is 0.410 e. The van der Waals surface area contributed by atoms with Crippen molar-refractivity contribution >= 4 is 12.0 Å². The lowest BCUT2D eigenvalue weighted by molar-refractivity contribution is -0.0462. The molecule has 3 saturated heterocycles. The van der Waals surface area contributed by atoms with Crippen LogP contribution in [-0.2, 0) is 25.4 Å². The predicted molar refractivity (Wildman–Crippen MR) is 150 cm³/mol. The van der Waals surface area contributed by atoms with Crippen molar-refractivity contribution in [2.24, 2.45) is 5.92 Å². The number of rotatable bonds is 12. The minimum atomic E-state index is -0.254. The third kappa shape index (κ3) is 7.01. The first-order valence-corrected chi connectivity index (χ1v) is 14.4. The average Bonchev–Trinajstić information content (AvgIpc) is 3.00. The number of methoxy groups -OCH3 is 1. The van der Waals surface area contributed by atoms with Gasteiger partial charge in [0.05, 0.1) is 39.1 Å². The van der Waals surface area contributed by atoms with Crippen molar-refractivity contribution in [1.82, 2.24) is 15.1 Å². The number of fused-ring (bicyclic) bond motifs is 4. The molecule has 2 atom stereocenters. The quantitative estimate of drug-likeness (QED) is 0.405. The lowest BCUT2D eigenvalue weighted by atomic mass is 9.86. The Morgan fingerprint density at radius 2 is 1.62 bits per heavy atom. The number of amides is 2. The molecule has 4 aliphatic rings. The number of hydrogen-bond acceptors (Lipinski definition) is 7. The van der Waals surface area contributed by atoms with E-state index >= 15 is 0 Å². The highest BCUT2D eigenvalue weighted by Gasteiger charge is 2.39. The van der Waals surface area contributed by atoms with E-state index in [9.17, 15) is 9.59 Å². The summed E-state index contributed by atoms with van der Waals surface area (Å²) in [6, 6.07) is 15.6. The third-order valence-electron chi connectivity index (χ3n) is 8.19. The summed E-state index contributed by atoms with van der Waals surface area (Å²) in [6.07, 6.45) is 2.71. The van der Waals surface area contributed by atoms with Crippen LogP contribution in [0.5, 0.6) is 0 Å². The molecule has 2 aromatic rings. The summed E-state index contributed by atoms with van der Waals surface area (Å²) in [4.78, 5) is 30.5. The van der Waals surface area contributed by atoms with E-state index in [-0.39, 0.29) is 24.1 Å². The maximum atomic E-state index is 13.6. The van der Waals surface area contributed by atoms with Gasteiger partial charge in [-0.1, -0.05) is 36.4 Å². The van der Waals surface area contributed by atoms with Crippen LogP contribution < -0.4 is 5.32 Å². The lowest BCUT2D eigenvalue weighted by Gasteiger charge is -2.45. The first kappa shape index (κ1) is 28.5. The zero-order valence-electron chi connectivity index (χ0n) is 23.4. The SMILES string of the molecule is COCCOCCOCCNC(=O)c1ccc([C@@H]2c3ccccc3CCN2C(=O)O[C@@H]2CN3CCC2CC3)cc1. The van der Waals surface area contributed by atoms with Crippen LogP contribution in [0.2, 0.25) is 0 Å². The molecule has 216 valence electrons. The summed E-state index contributed by atoms with van der Waals surface area (Å²) < 4.78 is 21.9. The van der Waals surface area contributed by atoms with Crippen molar-refractivity contribution in [2.75, 3.05) is 72.9 Å². The molecule has 9 nitrogen and oxygen atoms in total. The third-order valence-corrected chi connectivity index (χ3v) is 8.19. The van der Waals surface area contributed by atoms with Crippen molar-refractivity contribution in [3.8, 4) is 0 Å². The molecule has 0 radical (unpaired) electrons. The average molecular weight is 552 g/mol. The van der Waals surface area contributed by atoms with E-state index in [2.05, 4.69) is 22.3 Å². The van der Waals surface area contributed by atoms with Crippen molar-refractivity contribution < 1.29 is 28.5 Å². The van der Waals surface area contributed by atoms with Gasteiger partial charge in [0.25, 0.3) is 5.91 Å². The fraction of sp³-hybridized carbons (Fsp3) is 0.548. The zero-order chi connectivity index (χ0) is 27.7. The van der Waals surface area contributed by atoms with Crippen LogP contribution in [0, 0.1) is 5.92 Å². The van der Waals surface area contributed by atoms with Gasteiger partial charge in [0.15, 0.2) is 0 Å². The molecule has 4 heterocycles. The number of carbonyl (C=O) groups excluding carboxylic acids is 2. The summed E-state index contributed by atoms with van der Waals surface area (Å²) in [5, 5.41) is 2.90. The van der Waals surface area contributed by atoms with Crippen LogP contribution in [-0.4, -0.2) is 101 Å². The maximum Gasteiger partial charge on any atom is 0.410 e. The molecule has 2 amide bonds. The van der Waals surface area contributed by atoms with Gasteiger partial charge in [0.1, 0.15) is 6.10 Å². The van der Waals surface area contributed by atoms with Crippen LogP contribution in [0.4, 0.5) is 4.79 Å². The molecule has 2 aromatic carbocycles. The number of piperidine rings is 3. The Bertz CT molecular complexity index is 1120. The van der Waals surface area contributed by atoms with Crippen LogP contribution in [0.3, 0.4) is 0 Å². The second-order valence-electron chi connectivity index (χ2n) is 10.7. The van der Waals surface area contributed by atoms with Crippen molar-refractivity contribution in [2.45, 2.75) is 31.4 Å². The first-order chi connectivity index (χ1) is 19.6. The Morgan fingerprint density at radius 3 is 2.35 bits per heavy atom. The largest absolute Gasteiger partial charge is 0.444 e. The van der Waals surface area contributed by atoms with Crippen LogP contribution in [0.25, 0.3) is 0 Å². The molecular formula is C31H41N3O6. The normalized spacial score (nSPS) is 23.5. The molecule has 6 rings (SSSR count). The minimum Gasteiger partial charge on any atom is -0.444 e. The molecule has 0 aromatic heterocycles. The van der Waals surface area contributed by atoms with E-state index in [4.69, 9.17) is 18.9 Å². The first-order valence-electron chi connectivity index (χ1n) is 14.4. The number of nitrogens with zero attached hydrogens (tertiary/aromatic N) is 2. The molecular weight excluding hydrogens is 510 g/mol. The van der Waals surface area contributed by atoms with Crippen molar-refractivity contribution in [1.29, 1.82) is 0 Å². The van der Waals surface area contributed by atoms with Gasteiger partial charge in [-0.2, -0.15) is 0 Å². The molecule has 40 heavy (non-hydrogen) atoms. The Labute approximate surface area is 236 Å². The van der Waals surface area contributed by atoms with E-state index in [1.165, 1.54) is 5.56 Å². The summed E-state index contributed by atoms with van der Waals surface area (Å²) in [7, 11) is 1.63. The van der Waals surface area contributed by atoms with Gasteiger partial charge in [0, 0.05) is 32.3 Å². The van der Waals surface area contributed by atoms with Crippen LogP contribution in [0.15, 0.2) is 48.5 Å². The van der Waals surface area contributed by atoms with Crippen LogP contribution in [0.1, 0.15) is 45.9 Å². The second-order valence-corrected chi connectivity index (χ2v) is 10.7. The highest BCUT2D eigenvalue weighted by molar-refractivity contribution is 5.94.